The van der Waals surface area contributed by atoms with E-state index in [-0.39, 0.29) is 30.8 Å². The van der Waals surface area contributed by atoms with E-state index in [9.17, 15) is 18.0 Å². The molecule has 7 nitrogen and oxygen atoms in total. The van der Waals surface area contributed by atoms with Crippen molar-refractivity contribution in [1.29, 1.82) is 0 Å². The molecule has 20 heavy (non-hydrogen) atoms. The highest BCUT2D eigenvalue weighted by Crippen LogP contribution is 2.19. The number of carbonyl (C=O) groups excluding carboxylic acids is 1. The average molecular weight is 306 g/mol. The van der Waals surface area contributed by atoms with Crippen molar-refractivity contribution in [2.24, 2.45) is 0 Å². The van der Waals surface area contributed by atoms with Crippen LogP contribution in [0.15, 0.2) is 0 Å². The molecule has 1 aliphatic rings. The number of hydrogen-bond acceptors (Lipinski definition) is 4. The van der Waals surface area contributed by atoms with Gasteiger partial charge in [-0.25, -0.2) is 13.2 Å². The van der Waals surface area contributed by atoms with Crippen LogP contribution in [0.3, 0.4) is 0 Å². The molecular weight excluding hydrogens is 284 g/mol. The Morgan fingerprint density at radius 2 is 2.05 bits per heavy atom. The molecule has 1 aliphatic heterocycles. The number of hydrogen-bond donors (Lipinski definition) is 2. The van der Waals surface area contributed by atoms with Gasteiger partial charge in [-0.1, -0.05) is 0 Å². The fourth-order valence-electron chi connectivity index (χ4n) is 2.31. The highest BCUT2D eigenvalue weighted by molar-refractivity contribution is 7.90. The zero-order valence-corrected chi connectivity index (χ0v) is 12.5. The molecule has 116 valence electrons. The first-order valence-corrected chi connectivity index (χ1v) is 8.79. The number of carbonyl (C=O) groups is 2. The Hall–Kier alpha value is -1.31. The molecule has 1 saturated heterocycles. The summed E-state index contributed by atoms with van der Waals surface area (Å²) < 4.78 is 21.9. The van der Waals surface area contributed by atoms with E-state index in [2.05, 4.69) is 5.32 Å². The van der Waals surface area contributed by atoms with E-state index < -0.39 is 15.8 Å². The van der Waals surface area contributed by atoms with Gasteiger partial charge in [-0.2, -0.15) is 0 Å². The lowest BCUT2D eigenvalue weighted by atomic mass is 10.00. The molecule has 0 aromatic heterocycles. The summed E-state index contributed by atoms with van der Waals surface area (Å²) in [4.78, 5) is 24.3. The maximum atomic E-state index is 12.0. The molecule has 2 amide bonds. The Labute approximate surface area is 119 Å². The summed E-state index contributed by atoms with van der Waals surface area (Å²) >= 11 is 0. The number of amides is 2. The maximum Gasteiger partial charge on any atom is 0.317 e. The molecule has 0 saturated carbocycles. The molecule has 0 spiro atoms. The van der Waals surface area contributed by atoms with Crippen molar-refractivity contribution >= 4 is 21.8 Å². The normalized spacial score (nSPS) is 19.6. The van der Waals surface area contributed by atoms with Crippen LogP contribution < -0.4 is 5.32 Å². The quantitative estimate of drug-likeness (QED) is 0.694. The first-order chi connectivity index (χ1) is 9.29. The van der Waals surface area contributed by atoms with Crippen molar-refractivity contribution in [3.8, 4) is 0 Å². The number of aliphatic carboxylic acids is 1. The van der Waals surface area contributed by atoms with Crippen molar-refractivity contribution in [3.63, 3.8) is 0 Å². The van der Waals surface area contributed by atoms with Gasteiger partial charge >= 0.3 is 12.0 Å². The van der Waals surface area contributed by atoms with Crippen LogP contribution in [0.25, 0.3) is 0 Å². The summed E-state index contributed by atoms with van der Waals surface area (Å²) in [6, 6.07) is -0.569. The Bertz CT molecular complexity index is 449. The predicted octanol–water partition coefficient (Wildman–Crippen LogP) is 0.460. The molecule has 0 bridgehead atoms. The van der Waals surface area contributed by atoms with Crippen molar-refractivity contribution in [1.82, 2.24) is 10.2 Å². The lowest BCUT2D eigenvalue weighted by molar-refractivity contribution is -0.138. The van der Waals surface area contributed by atoms with Crippen LogP contribution in [0.1, 0.15) is 32.1 Å². The zero-order chi connectivity index (χ0) is 15.2. The first-order valence-electron chi connectivity index (χ1n) is 6.73. The van der Waals surface area contributed by atoms with Crippen LogP contribution in [0.2, 0.25) is 0 Å². The molecule has 2 N–H and O–H groups in total. The number of carboxylic acids is 1. The molecule has 1 fully saturated rings. The predicted molar refractivity (Wildman–Crippen MR) is 74.3 cm³/mol. The Morgan fingerprint density at radius 3 is 2.65 bits per heavy atom. The fraction of sp³-hybridized carbons (Fsp3) is 0.833. The van der Waals surface area contributed by atoms with E-state index in [1.54, 1.807) is 4.90 Å². The van der Waals surface area contributed by atoms with Crippen molar-refractivity contribution in [2.45, 2.75) is 38.1 Å². The number of nitrogens with one attached hydrogen (secondary N) is 1. The number of likely N-dealkylation sites (tertiary alicyclic amines) is 1. The topological polar surface area (TPSA) is 104 Å². The van der Waals surface area contributed by atoms with Crippen LogP contribution in [0.5, 0.6) is 0 Å². The third kappa shape index (κ3) is 6.23. The van der Waals surface area contributed by atoms with Crippen LogP contribution >= 0.6 is 0 Å². The smallest absolute Gasteiger partial charge is 0.317 e. The Kier molecular flexibility index (Phi) is 6.25. The minimum atomic E-state index is -3.02. The monoisotopic (exact) mass is 306 g/mol. The third-order valence-electron chi connectivity index (χ3n) is 3.27. The van der Waals surface area contributed by atoms with Gasteiger partial charge in [0, 0.05) is 25.4 Å². The molecule has 1 atom stereocenters. The van der Waals surface area contributed by atoms with Crippen LogP contribution in [0.4, 0.5) is 4.79 Å². The van der Waals surface area contributed by atoms with Gasteiger partial charge in [0.05, 0.1) is 12.2 Å². The molecule has 8 heteroatoms. The maximum absolute atomic E-state index is 12.0. The number of urea groups is 1. The van der Waals surface area contributed by atoms with Gasteiger partial charge in [-0.05, 0) is 25.7 Å². The summed E-state index contributed by atoms with van der Waals surface area (Å²) in [5.41, 5.74) is 0. The minimum Gasteiger partial charge on any atom is -0.481 e. The van der Waals surface area contributed by atoms with Gasteiger partial charge in [-0.3, -0.25) is 4.79 Å². The Balaban J connectivity index is 2.41. The molecule has 1 unspecified atom stereocenters. The standard InChI is InChI=1S/C12H22N2O5S/c1-20(18,19)8-4-6-13-12(17)14-7-3-2-5-10(14)9-11(15)16/h10H,2-9H2,1H3,(H,13,17)(H,15,16). The summed E-state index contributed by atoms with van der Waals surface area (Å²) in [6.45, 7) is 0.831. The number of sulfone groups is 1. The number of piperidine rings is 1. The molecule has 0 aliphatic carbocycles. The van der Waals surface area contributed by atoms with E-state index in [0.29, 0.717) is 19.4 Å². The van der Waals surface area contributed by atoms with Crippen LogP contribution in [-0.2, 0) is 14.6 Å². The lowest BCUT2D eigenvalue weighted by Crippen LogP contribution is -2.49. The molecule has 0 aromatic carbocycles. The van der Waals surface area contributed by atoms with Crippen LogP contribution in [0, 0.1) is 0 Å². The molecule has 1 heterocycles. The highest BCUT2D eigenvalue weighted by atomic mass is 32.2. The molecule has 1 rings (SSSR count). The third-order valence-corrected chi connectivity index (χ3v) is 4.30. The fourth-order valence-corrected chi connectivity index (χ4v) is 2.98. The number of nitrogens with zero attached hydrogens (tertiary/aromatic N) is 1. The second kappa shape index (κ2) is 7.47. The van der Waals surface area contributed by atoms with Crippen molar-refractivity contribution in [2.75, 3.05) is 25.1 Å². The molecule has 0 radical (unpaired) electrons. The van der Waals surface area contributed by atoms with E-state index in [4.69, 9.17) is 5.11 Å². The lowest BCUT2D eigenvalue weighted by Gasteiger charge is -2.34. The Morgan fingerprint density at radius 1 is 1.35 bits per heavy atom. The van der Waals surface area contributed by atoms with Gasteiger partial charge < -0.3 is 15.3 Å². The molecule has 0 aromatic rings. The molecular formula is C12H22N2O5S. The van der Waals surface area contributed by atoms with Gasteiger partial charge in [0.2, 0.25) is 0 Å². The van der Waals surface area contributed by atoms with Crippen molar-refractivity contribution in [3.05, 3.63) is 0 Å². The van der Waals surface area contributed by atoms with Gasteiger partial charge in [-0.15, -0.1) is 0 Å². The second-order valence-corrected chi connectivity index (χ2v) is 7.42. The van der Waals surface area contributed by atoms with Crippen LogP contribution in [-0.4, -0.2) is 61.6 Å². The number of rotatable bonds is 6. The average Bonchev–Trinajstić information content (AvgIpc) is 2.33. The minimum absolute atomic E-state index is 0.0336. The van der Waals surface area contributed by atoms with Gasteiger partial charge in [0.25, 0.3) is 0 Å². The van der Waals surface area contributed by atoms with Crippen molar-refractivity contribution < 1.29 is 23.1 Å². The first kappa shape index (κ1) is 16.7. The largest absolute Gasteiger partial charge is 0.481 e. The number of carboxylic acid groups (broad SMARTS) is 1. The second-order valence-electron chi connectivity index (χ2n) is 5.16. The SMILES string of the molecule is CS(=O)(=O)CCCNC(=O)N1CCCCC1CC(=O)O. The van der Waals surface area contributed by atoms with E-state index in [1.165, 1.54) is 0 Å². The van der Waals surface area contributed by atoms with E-state index >= 15 is 0 Å². The van der Waals surface area contributed by atoms with E-state index in [1.807, 2.05) is 0 Å². The summed E-state index contributed by atoms with van der Waals surface area (Å²) in [5, 5.41) is 11.5. The summed E-state index contributed by atoms with van der Waals surface area (Å²) in [6.07, 6.45) is 3.97. The highest BCUT2D eigenvalue weighted by Gasteiger charge is 2.28. The van der Waals surface area contributed by atoms with Gasteiger partial charge in [0.15, 0.2) is 0 Å². The van der Waals surface area contributed by atoms with Gasteiger partial charge in [0.1, 0.15) is 9.84 Å². The zero-order valence-electron chi connectivity index (χ0n) is 11.7. The summed E-state index contributed by atoms with van der Waals surface area (Å²) in [5.74, 6) is -0.877. The summed E-state index contributed by atoms with van der Waals surface area (Å²) in [7, 11) is -3.02. The van der Waals surface area contributed by atoms with E-state index in [0.717, 1.165) is 19.1 Å².